The molecule has 1 fully saturated rings. The lowest BCUT2D eigenvalue weighted by molar-refractivity contribution is 0.190. The summed E-state index contributed by atoms with van der Waals surface area (Å²) in [6.45, 7) is 2.87. The van der Waals surface area contributed by atoms with Gasteiger partial charge in [-0.15, -0.1) is 0 Å². The Morgan fingerprint density at radius 3 is 2.26 bits per heavy atom. The lowest BCUT2D eigenvalue weighted by Gasteiger charge is -2.45. The lowest BCUT2D eigenvalue weighted by atomic mass is 10.1. The summed E-state index contributed by atoms with van der Waals surface area (Å²) < 4.78 is 1.95. The zero-order valence-electron chi connectivity index (χ0n) is 15.0. The SMILES string of the molecule is C1=CC(c2ccnn2-c2ccccc2)=NN(C2CN(c3ccccc3)C2)C1. The van der Waals surface area contributed by atoms with E-state index >= 15 is 0 Å². The molecular weight excluding hydrogens is 334 g/mol. The van der Waals surface area contributed by atoms with Crippen LogP contribution in [0, 0.1) is 0 Å². The second-order valence-corrected chi connectivity index (χ2v) is 6.87. The van der Waals surface area contributed by atoms with E-state index in [1.807, 2.05) is 35.1 Å². The van der Waals surface area contributed by atoms with Gasteiger partial charge in [0.2, 0.25) is 0 Å². The van der Waals surface area contributed by atoms with Gasteiger partial charge in [0.05, 0.1) is 30.2 Å². The summed E-state index contributed by atoms with van der Waals surface area (Å²) in [7, 11) is 0. The summed E-state index contributed by atoms with van der Waals surface area (Å²) in [6, 6.07) is 23.2. The van der Waals surface area contributed by atoms with Crippen molar-refractivity contribution in [3.63, 3.8) is 0 Å². The number of nitrogens with zero attached hydrogens (tertiary/aromatic N) is 5. The average Bonchev–Trinajstić information content (AvgIpc) is 3.19. The van der Waals surface area contributed by atoms with Crippen molar-refractivity contribution in [2.24, 2.45) is 5.10 Å². The van der Waals surface area contributed by atoms with Crippen LogP contribution < -0.4 is 4.90 Å². The number of aromatic nitrogens is 2. The number of hydrogen-bond acceptors (Lipinski definition) is 4. The normalized spacial score (nSPS) is 17.0. The molecule has 27 heavy (non-hydrogen) atoms. The summed E-state index contributed by atoms with van der Waals surface area (Å²) in [5, 5.41) is 11.6. The van der Waals surface area contributed by atoms with Gasteiger partial charge in [0.15, 0.2) is 0 Å². The second kappa shape index (κ2) is 6.76. The Balaban J connectivity index is 1.35. The molecule has 0 radical (unpaired) electrons. The summed E-state index contributed by atoms with van der Waals surface area (Å²) in [5.74, 6) is 0. The number of hydrogen-bond donors (Lipinski definition) is 0. The van der Waals surface area contributed by atoms with E-state index in [0.29, 0.717) is 6.04 Å². The van der Waals surface area contributed by atoms with Crippen LogP contribution in [0.25, 0.3) is 5.69 Å². The van der Waals surface area contributed by atoms with Gasteiger partial charge in [0.1, 0.15) is 5.71 Å². The van der Waals surface area contributed by atoms with E-state index in [1.54, 1.807) is 0 Å². The molecule has 1 saturated heterocycles. The summed E-state index contributed by atoms with van der Waals surface area (Å²) in [4.78, 5) is 2.40. The largest absolute Gasteiger partial charge is 0.367 e. The number of benzene rings is 2. The van der Waals surface area contributed by atoms with Gasteiger partial charge in [-0.3, -0.25) is 5.01 Å². The Hall–Kier alpha value is -3.34. The quantitative estimate of drug-likeness (QED) is 0.720. The van der Waals surface area contributed by atoms with Crippen LogP contribution in [0.4, 0.5) is 5.69 Å². The van der Waals surface area contributed by atoms with Crippen LogP contribution in [0.5, 0.6) is 0 Å². The van der Waals surface area contributed by atoms with E-state index in [2.05, 4.69) is 69.6 Å². The highest BCUT2D eigenvalue weighted by atomic mass is 15.5. The summed E-state index contributed by atoms with van der Waals surface area (Å²) in [5.41, 5.74) is 4.31. The number of anilines is 1. The van der Waals surface area contributed by atoms with Crippen LogP contribution in [0.1, 0.15) is 5.69 Å². The fourth-order valence-corrected chi connectivity index (χ4v) is 3.62. The third kappa shape index (κ3) is 3.01. The first-order valence-corrected chi connectivity index (χ1v) is 9.30. The maximum absolute atomic E-state index is 4.94. The molecule has 0 N–H and O–H groups in total. The molecule has 2 aliphatic heterocycles. The number of para-hydroxylation sites is 2. The summed E-state index contributed by atoms with van der Waals surface area (Å²) >= 11 is 0. The first kappa shape index (κ1) is 15.9. The predicted molar refractivity (Wildman–Crippen MR) is 108 cm³/mol. The van der Waals surface area contributed by atoms with Crippen LogP contribution in [-0.2, 0) is 0 Å². The van der Waals surface area contributed by atoms with Crippen LogP contribution in [0.2, 0.25) is 0 Å². The van der Waals surface area contributed by atoms with E-state index in [4.69, 9.17) is 5.10 Å². The molecule has 5 nitrogen and oxygen atoms in total. The zero-order valence-corrected chi connectivity index (χ0v) is 15.0. The zero-order chi connectivity index (χ0) is 18.1. The summed E-state index contributed by atoms with van der Waals surface area (Å²) in [6.07, 6.45) is 6.12. The molecule has 0 bridgehead atoms. The number of rotatable bonds is 4. The highest BCUT2D eigenvalue weighted by molar-refractivity contribution is 6.08. The highest BCUT2D eigenvalue weighted by Gasteiger charge is 2.32. The van der Waals surface area contributed by atoms with Crippen LogP contribution in [0.15, 0.2) is 90.2 Å². The van der Waals surface area contributed by atoms with Gasteiger partial charge in [0, 0.05) is 18.8 Å². The molecule has 2 aromatic carbocycles. The molecular formula is C22H21N5. The van der Waals surface area contributed by atoms with Crippen LogP contribution >= 0.6 is 0 Å². The van der Waals surface area contributed by atoms with E-state index in [1.165, 1.54) is 5.69 Å². The molecule has 3 aromatic rings. The first-order valence-electron chi connectivity index (χ1n) is 9.30. The molecule has 5 rings (SSSR count). The van der Waals surface area contributed by atoms with Gasteiger partial charge >= 0.3 is 0 Å². The molecule has 0 atom stereocenters. The van der Waals surface area contributed by atoms with Crippen molar-refractivity contribution >= 4 is 11.4 Å². The molecule has 2 aliphatic rings. The minimum atomic E-state index is 0.443. The highest BCUT2D eigenvalue weighted by Crippen LogP contribution is 2.25. The van der Waals surface area contributed by atoms with Crippen molar-refractivity contribution < 1.29 is 0 Å². The molecule has 0 spiro atoms. The number of hydrazone groups is 1. The van der Waals surface area contributed by atoms with Crippen molar-refractivity contribution in [2.45, 2.75) is 6.04 Å². The molecule has 3 heterocycles. The third-order valence-electron chi connectivity index (χ3n) is 5.12. The van der Waals surface area contributed by atoms with Gasteiger partial charge in [-0.05, 0) is 36.4 Å². The molecule has 0 saturated carbocycles. The monoisotopic (exact) mass is 355 g/mol. The van der Waals surface area contributed by atoms with Crippen molar-refractivity contribution in [3.8, 4) is 5.69 Å². The van der Waals surface area contributed by atoms with Gasteiger partial charge in [-0.1, -0.05) is 42.5 Å². The molecule has 0 aliphatic carbocycles. The van der Waals surface area contributed by atoms with Crippen molar-refractivity contribution in [1.29, 1.82) is 0 Å². The number of allylic oxidation sites excluding steroid dienone is 1. The van der Waals surface area contributed by atoms with Crippen LogP contribution in [0.3, 0.4) is 0 Å². The van der Waals surface area contributed by atoms with Gasteiger partial charge < -0.3 is 4.90 Å². The van der Waals surface area contributed by atoms with Gasteiger partial charge in [0.25, 0.3) is 0 Å². The van der Waals surface area contributed by atoms with E-state index in [-0.39, 0.29) is 0 Å². The van der Waals surface area contributed by atoms with Crippen LogP contribution in [-0.4, -0.2) is 46.2 Å². The maximum Gasteiger partial charge on any atom is 0.109 e. The maximum atomic E-state index is 4.94. The Bertz CT molecular complexity index is 968. The standard InChI is InChI=1S/C22H21N5/c1-3-8-18(9-4-1)25-16-20(17-25)26-15-7-12-21(24-26)22-13-14-23-27(22)19-10-5-2-6-11-19/h1-14,20H,15-17H2. The molecule has 0 unspecified atom stereocenters. The van der Waals surface area contributed by atoms with E-state index in [9.17, 15) is 0 Å². The Labute approximate surface area is 158 Å². The van der Waals surface area contributed by atoms with Crippen molar-refractivity contribution in [3.05, 3.63) is 90.8 Å². The predicted octanol–water partition coefficient (Wildman–Crippen LogP) is 3.34. The minimum absolute atomic E-state index is 0.443. The Morgan fingerprint density at radius 2 is 1.52 bits per heavy atom. The molecule has 1 aromatic heterocycles. The second-order valence-electron chi connectivity index (χ2n) is 6.87. The van der Waals surface area contributed by atoms with Gasteiger partial charge in [-0.25, -0.2) is 4.68 Å². The third-order valence-corrected chi connectivity index (χ3v) is 5.12. The van der Waals surface area contributed by atoms with E-state index in [0.717, 1.165) is 36.7 Å². The fourth-order valence-electron chi connectivity index (χ4n) is 3.62. The topological polar surface area (TPSA) is 36.7 Å². The Morgan fingerprint density at radius 1 is 0.815 bits per heavy atom. The smallest absolute Gasteiger partial charge is 0.109 e. The van der Waals surface area contributed by atoms with Crippen molar-refractivity contribution in [1.82, 2.24) is 14.8 Å². The van der Waals surface area contributed by atoms with E-state index < -0.39 is 0 Å². The molecule has 0 amide bonds. The Kier molecular flexibility index (Phi) is 3.98. The fraction of sp³-hybridized carbons (Fsp3) is 0.182. The van der Waals surface area contributed by atoms with Crippen molar-refractivity contribution in [2.75, 3.05) is 24.5 Å². The average molecular weight is 355 g/mol. The lowest BCUT2D eigenvalue weighted by Crippen LogP contribution is -2.58. The minimum Gasteiger partial charge on any atom is -0.367 e. The van der Waals surface area contributed by atoms with Gasteiger partial charge in [-0.2, -0.15) is 10.2 Å². The first-order chi connectivity index (χ1) is 13.4. The molecule has 5 heteroatoms. The molecule has 134 valence electrons.